The van der Waals surface area contributed by atoms with Gasteiger partial charge < -0.3 is 15.4 Å². The molecule has 1 atom stereocenters. The van der Waals surface area contributed by atoms with Gasteiger partial charge >= 0.3 is 0 Å². The molecule has 152 valence electrons. The molecule has 2 heterocycles. The fourth-order valence-electron chi connectivity index (χ4n) is 2.52. The van der Waals surface area contributed by atoms with Crippen LogP contribution in [-0.2, 0) is 18.4 Å². The van der Waals surface area contributed by atoms with Gasteiger partial charge in [-0.3, -0.25) is 9.48 Å². The number of carbonyl (C=O) groups excluding carboxylic acids is 1. The van der Waals surface area contributed by atoms with E-state index in [2.05, 4.69) is 25.8 Å². The summed E-state index contributed by atoms with van der Waals surface area (Å²) in [4.78, 5) is 16.4. The average molecular weight is 428 g/mol. The second kappa shape index (κ2) is 11.3. The van der Waals surface area contributed by atoms with Crippen LogP contribution >= 0.6 is 24.8 Å². The van der Waals surface area contributed by atoms with Crippen LogP contribution in [0.4, 0.5) is 5.69 Å². The first-order valence-electron chi connectivity index (χ1n) is 8.17. The van der Waals surface area contributed by atoms with Crippen LogP contribution in [0.5, 0.6) is 5.75 Å². The van der Waals surface area contributed by atoms with Crippen LogP contribution in [0.2, 0.25) is 0 Å². The molecule has 28 heavy (non-hydrogen) atoms. The number of rotatable bonds is 8. The van der Waals surface area contributed by atoms with Crippen LogP contribution in [0, 0.1) is 0 Å². The first-order chi connectivity index (χ1) is 12.7. The molecule has 0 bridgehead atoms. The first kappa shape index (κ1) is 23.4. The zero-order valence-electron chi connectivity index (χ0n) is 15.5. The van der Waals surface area contributed by atoms with Gasteiger partial charge in [0.15, 0.2) is 0 Å². The largest absolute Gasteiger partial charge is 0.492 e. The third kappa shape index (κ3) is 6.22. The van der Waals surface area contributed by atoms with Crippen molar-refractivity contribution >= 4 is 36.4 Å². The van der Waals surface area contributed by atoms with E-state index in [0.717, 1.165) is 5.56 Å². The van der Waals surface area contributed by atoms with E-state index in [4.69, 9.17) is 4.74 Å². The van der Waals surface area contributed by atoms with Crippen LogP contribution in [0.1, 0.15) is 11.6 Å². The van der Waals surface area contributed by atoms with E-state index in [1.165, 1.54) is 6.33 Å². The quantitative estimate of drug-likeness (QED) is 0.568. The van der Waals surface area contributed by atoms with Gasteiger partial charge in [0.05, 0.1) is 12.7 Å². The Kier molecular flexibility index (Phi) is 9.43. The van der Waals surface area contributed by atoms with Gasteiger partial charge in [-0.1, -0.05) is 6.07 Å². The average Bonchev–Trinajstić information content (AvgIpc) is 3.28. The number of halogens is 2. The molecule has 0 radical (unpaired) electrons. The fourth-order valence-corrected chi connectivity index (χ4v) is 2.52. The molecule has 0 aliphatic carbocycles. The smallest absolute Gasteiger partial charge is 0.246 e. The molecule has 3 rings (SSSR count). The molecule has 2 N–H and O–H groups in total. The van der Waals surface area contributed by atoms with Crippen LogP contribution in [0.25, 0.3) is 0 Å². The minimum Gasteiger partial charge on any atom is -0.492 e. The maximum Gasteiger partial charge on any atom is 0.246 e. The van der Waals surface area contributed by atoms with Crippen molar-refractivity contribution < 1.29 is 9.53 Å². The Bertz CT molecular complexity index is 855. The van der Waals surface area contributed by atoms with Crippen LogP contribution in [0.15, 0.2) is 49.3 Å². The summed E-state index contributed by atoms with van der Waals surface area (Å²) in [5.74, 6) is 0.505. The Labute approximate surface area is 175 Å². The third-order valence-corrected chi connectivity index (χ3v) is 3.77. The monoisotopic (exact) mass is 427 g/mol. The Morgan fingerprint density at radius 1 is 1.29 bits per heavy atom. The summed E-state index contributed by atoms with van der Waals surface area (Å²) in [5, 5.41) is 14.0. The van der Waals surface area contributed by atoms with Gasteiger partial charge in [0.1, 0.15) is 31.1 Å². The van der Waals surface area contributed by atoms with Crippen molar-refractivity contribution in [3.63, 3.8) is 0 Å². The molecule has 0 aliphatic rings. The molecule has 11 heteroatoms. The summed E-state index contributed by atoms with van der Waals surface area (Å²) >= 11 is 0. The van der Waals surface area contributed by atoms with E-state index in [-0.39, 0.29) is 30.7 Å². The lowest BCUT2D eigenvalue weighted by molar-refractivity contribution is -0.118. The number of aryl methyl sites for hydroxylation is 1. The van der Waals surface area contributed by atoms with E-state index in [0.29, 0.717) is 24.6 Å². The topological polar surface area (TPSA) is 98.9 Å². The molecule has 9 nitrogen and oxygen atoms in total. The second-order valence-electron chi connectivity index (χ2n) is 5.69. The molecule has 1 aromatic carbocycles. The van der Waals surface area contributed by atoms with E-state index in [1.54, 1.807) is 35.0 Å². The van der Waals surface area contributed by atoms with Gasteiger partial charge in [-0.15, -0.1) is 24.8 Å². The standard InChI is InChI=1S/C17H21N7O2.2ClH/c1-18-16(13-9-20-23(2)10-13)17(25)22-14-4-3-5-15(8-14)26-7-6-24-12-19-11-21-24;;/h3-5,8-12,16,18H,6-7H2,1-2H3,(H,22,25);2*1H. The maximum atomic E-state index is 12.6. The zero-order chi connectivity index (χ0) is 18.4. The number of hydrogen-bond acceptors (Lipinski definition) is 6. The molecule has 1 unspecified atom stereocenters. The van der Waals surface area contributed by atoms with Gasteiger partial charge in [-0.2, -0.15) is 10.2 Å². The molecule has 0 saturated heterocycles. The first-order valence-corrected chi connectivity index (χ1v) is 8.17. The number of amides is 1. The second-order valence-corrected chi connectivity index (χ2v) is 5.69. The number of anilines is 1. The van der Waals surface area contributed by atoms with Crippen molar-refractivity contribution in [1.29, 1.82) is 0 Å². The van der Waals surface area contributed by atoms with Gasteiger partial charge in [0.25, 0.3) is 0 Å². The Morgan fingerprint density at radius 3 is 2.75 bits per heavy atom. The van der Waals surface area contributed by atoms with Gasteiger partial charge in [0.2, 0.25) is 5.91 Å². The molecule has 3 aromatic rings. The number of hydrogen-bond donors (Lipinski definition) is 2. The number of likely N-dealkylation sites (N-methyl/N-ethyl adjacent to an activating group) is 1. The molecular formula is C17H23Cl2N7O2. The Morgan fingerprint density at radius 2 is 2.11 bits per heavy atom. The fraction of sp³-hybridized carbons (Fsp3) is 0.294. The van der Waals surface area contributed by atoms with Crippen molar-refractivity contribution in [2.75, 3.05) is 19.0 Å². The predicted molar refractivity (Wildman–Crippen MR) is 110 cm³/mol. The number of carbonyl (C=O) groups is 1. The molecule has 1 amide bonds. The third-order valence-electron chi connectivity index (χ3n) is 3.77. The van der Waals surface area contributed by atoms with E-state index >= 15 is 0 Å². The molecule has 2 aromatic heterocycles. The molecule has 0 spiro atoms. The SMILES string of the molecule is CNC(C(=O)Nc1cccc(OCCn2cncn2)c1)c1cnn(C)c1.Cl.Cl. The number of aromatic nitrogens is 5. The maximum absolute atomic E-state index is 12.6. The van der Waals surface area contributed by atoms with Crippen molar-refractivity contribution in [2.24, 2.45) is 7.05 Å². The summed E-state index contributed by atoms with van der Waals surface area (Å²) in [6, 6.07) is 6.79. The van der Waals surface area contributed by atoms with Crippen LogP contribution in [-0.4, -0.2) is 44.1 Å². The predicted octanol–water partition coefficient (Wildman–Crippen LogP) is 1.83. The highest BCUT2D eigenvalue weighted by Crippen LogP contribution is 2.20. The Balaban J connectivity index is 0.00000196. The summed E-state index contributed by atoms with van der Waals surface area (Å²) < 4.78 is 9.06. The summed E-state index contributed by atoms with van der Waals surface area (Å²) in [6.45, 7) is 1.05. The normalized spacial score (nSPS) is 11.1. The summed E-state index contributed by atoms with van der Waals surface area (Å²) in [7, 11) is 3.55. The highest BCUT2D eigenvalue weighted by Gasteiger charge is 2.20. The van der Waals surface area contributed by atoms with E-state index < -0.39 is 6.04 Å². The zero-order valence-corrected chi connectivity index (χ0v) is 17.1. The molecule has 0 fully saturated rings. The van der Waals surface area contributed by atoms with Crippen molar-refractivity contribution in [3.8, 4) is 5.75 Å². The molecule has 0 saturated carbocycles. The molecule has 0 aliphatic heterocycles. The van der Waals surface area contributed by atoms with E-state index in [1.807, 2.05) is 31.4 Å². The van der Waals surface area contributed by atoms with Gasteiger partial charge in [-0.25, -0.2) is 9.67 Å². The minimum absolute atomic E-state index is 0. The number of benzene rings is 1. The number of nitrogens with zero attached hydrogens (tertiary/aromatic N) is 5. The summed E-state index contributed by atoms with van der Waals surface area (Å²) in [5.41, 5.74) is 1.46. The number of ether oxygens (including phenoxy) is 1. The van der Waals surface area contributed by atoms with Crippen molar-refractivity contribution in [1.82, 2.24) is 29.9 Å². The van der Waals surface area contributed by atoms with E-state index in [9.17, 15) is 4.79 Å². The molecular weight excluding hydrogens is 405 g/mol. The van der Waals surface area contributed by atoms with Crippen LogP contribution < -0.4 is 15.4 Å². The highest BCUT2D eigenvalue weighted by atomic mass is 35.5. The number of nitrogens with one attached hydrogen (secondary N) is 2. The van der Waals surface area contributed by atoms with Crippen molar-refractivity contribution in [2.45, 2.75) is 12.6 Å². The van der Waals surface area contributed by atoms with Crippen LogP contribution in [0.3, 0.4) is 0 Å². The lowest BCUT2D eigenvalue weighted by Gasteiger charge is -2.15. The Hall–Kier alpha value is -2.62. The summed E-state index contributed by atoms with van der Waals surface area (Å²) in [6.07, 6.45) is 6.60. The lowest BCUT2D eigenvalue weighted by atomic mass is 10.1. The van der Waals surface area contributed by atoms with Gasteiger partial charge in [0, 0.05) is 30.6 Å². The lowest BCUT2D eigenvalue weighted by Crippen LogP contribution is -2.30. The van der Waals surface area contributed by atoms with Crippen molar-refractivity contribution in [3.05, 3.63) is 54.9 Å². The highest BCUT2D eigenvalue weighted by molar-refractivity contribution is 5.95. The van der Waals surface area contributed by atoms with Gasteiger partial charge in [-0.05, 0) is 19.2 Å². The minimum atomic E-state index is -0.486.